The van der Waals surface area contributed by atoms with Gasteiger partial charge in [-0.3, -0.25) is 0 Å². The van der Waals surface area contributed by atoms with Crippen LogP contribution in [0.5, 0.6) is 0 Å². The molecule has 0 amide bonds. The van der Waals surface area contributed by atoms with Gasteiger partial charge < -0.3 is 0 Å². The first-order chi connectivity index (χ1) is 10.2. The smallest absolute Gasteiger partial charge is 0.126 e. The first-order valence-electron chi connectivity index (χ1n) is 6.62. The third-order valence-corrected chi connectivity index (χ3v) is 3.61. The van der Waals surface area contributed by atoms with Crippen molar-refractivity contribution in [3.8, 4) is 6.19 Å². The number of quaternary nitrogens is 1. The van der Waals surface area contributed by atoms with Crippen molar-refractivity contribution in [3.05, 3.63) is 65.2 Å². The van der Waals surface area contributed by atoms with Gasteiger partial charge in [-0.05, 0) is 25.5 Å². The molecule has 2 aromatic rings. The van der Waals surface area contributed by atoms with E-state index in [0.29, 0.717) is 5.84 Å². The van der Waals surface area contributed by atoms with Gasteiger partial charge in [0.1, 0.15) is 0 Å². The second kappa shape index (κ2) is 4.93. The summed E-state index contributed by atoms with van der Waals surface area (Å²) in [6.07, 6.45) is 2.26. The number of amidine groups is 1. The van der Waals surface area contributed by atoms with Crippen molar-refractivity contribution in [2.24, 2.45) is 15.5 Å². The zero-order chi connectivity index (χ0) is 14.9. The van der Waals surface area contributed by atoms with E-state index in [-0.39, 0.29) is 4.59 Å². The first-order valence-corrected chi connectivity index (χ1v) is 6.62. The molecule has 0 aromatic heterocycles. The van der Waals surface area contributed by atoms with Gasteiger partial charge >= 0.3 is 12.0 Å². The molecule has 2 aromatic carbocycles. The zero-order valence-corrected chi connectivity index (χ0v) is 11.9. The van der Waals surface area contributed by atoms with E-state index >= 15 is 0 Å². The Kier molecular flexibility index (Phi) is 3.09. The average Bonchev–Trinajstić information content (AvgIpc) is 2.93. The Morgan fingerprint density at radius 1 is 0.952 bits per heavy atom. The number of hydrogen-bond acceptors (Lipinski definition) is 4. The van der Waals surface area contributed by atoms with Gasteiger partial charge in [0.25, 0.3) is 0 Å². The van der Waals surface area contributed by atoms with Crippen molar-refractivity contribution in [2.75, 3.05) is 0 Å². The maximum absolute atomic E-state index is 9.80. The molecule has 21 heavy (non-hydrogen) atoms. The number of rotatable bonds is 2. The molecule has 0 saturated carbocycles. The second-order valence-corrected chi connectivity index (χ2v) is 4.94. The fourth-order valence-electron chi connectivity index (χ4n) is 2.49. The fraction of sp³-hybridized carbons (Fsp3) is 0.125. The topological polar surface area (TPSA) is 60.9 Å². The normalized spacial score (nSPS) is 20.1. The molecule has 0 fully saturated rings. The van der Waals surface area contributed by atoms with E-state index in [4.69, 9.17) is 0 Å². The lowest BCUT2D eigenvalue weighted by Crippen LogP contribution is -2.44. The van der Waals surface area contributed by atoms with Crippen LogP contribution in [0.25, 0.3) is 0 Å². The Morgan fingerprint density at radius 3 is 2.29 bits per heavy atom. The molecule has 5 heteroatoms. The van der Waals surface area contributed by atoms with Gasteiger partial charge in [0.2, 0.25) is 0 Å². The molecule has 0 saturated heterocycles. The monoisotopic (exact) mass is 276 g/mol. The molecule has 1 heterocycles. The van der Waals surface area contributed by atoms with Crippen molar-refractivity contribution in [3.63, 3.8) is 0 Å². The third-order valence-electron chi connectivity index (χ3n) is 3.61. The molecule has 0 bridgehead atoms. The SMILES string of the molecule is Cc1ccccc1C1=NN=N[N+]1(C#N)c1ccccc1C. The van der Waals surface area contributed by atoms with Crippen LogP contribution in [0.2, 0.25) is 0 Å². The standard InChI is InChI=1S/C16H14N5/c1-12-7-3-5-9-14(12)16-18-19-20-21(16,11-17)15-10-6-4-8-13(15)2/h3-10H,1-2H3/q+1. The van der Waals surface area contributed by atoms with Crippen LogP contribution in [0.3, 0.4) is 0 Å². The molecule has 1 atom stereocenters. The lowest BCUT2D eigenvalue weighted by atomic mass is 10.1. The first kappa shape index (κ1) is 13.2. The van der Waals surface area contributed by atoms with Crippen LogP contribution in [-0.4, -0.2) is 5.84 Å². The molecule has 1 aliphatic heterocycles. The van der Waals surface area contributed by atoms with Crippen molar-refractivity contribution in [2.45, 2.75) is 13.8 Å². The number of nitriles is 1. The van der Waals surface area contributed by atoms with Gasteiger partial charge in [0.05, 0.1) is 10.8 Å². The van der Waals surface area contributed by atoms with Gasteiger partial charge in [-0.15, -0.1) is 5.26 Å². The van der Waals surface area contributed by atoms with Crippen LogP contribution in [0, 0.1) is 25.3 Å². The van der Waals surface area contributed by atoms with E-state index in [2.05, 4.69) is 21.7 Å². The van der Waals surface area contributed by atoms with E-state index in [1.807, 2.05) is 62.4 Å². The Morgan fingerprint density at radius 2 is 1.62 bits per heavy atom. The number of hydrogen-bond donors (Lipinski definition) is 0. The summed E-state index contributed by atoms with van der Waals surface area (Å²) in [6, 6.07) is 15.5. The van der Waals surface area contributed by atoms with Gasteiger partial charge in [-0.25, -0.2) is 0 Å². The van der Waals surface area contributed by atoms with Crippen LogP contribution in [0.15, 0.2) is 64.1 Å². The molecule has 0 spiro atoms. The highest BCUT2D eigenvalue weighted by molar-refractivity contribution is 6.08. The fourth-order valence-corrected chi connectivity index (χ4v) is 2.49. The van der Waals surface area contributed by atoms with Gasteiger partial charge in [0, 0.05) is 21.4 Å². The van der Waals surface area contributed by atoms with Crippen LogP contribution < -0.4 is 4.59 Å². The lowest BCUT2D eigenvalue weighted by Gasteiger charge is -2.19. The molecular weight excluding hydrogens is 262 g/mol. The van der Waals surface area contributed by atoms with Gasteiger partial charge in [-0.1, -0.05) is 41.5 Å². The summed E-state index contributed by atoms with van der Waals surface area (Å²) in [5.74, 6) is 0.532. The summed E-state index contributed by atoms with van der Waals surface area (Å²) in [5.41, 5.74) is 3.66. The number of benzene rings is 2. The van der Waals surface area contributed by atoms with Crippen molar-refractivity contribution in [1.82, 2.24) is 4.59 Å². The highest BCUT2D eigenvalue weighted by atomic mass is 15.8. The van der Waals surface area contributed by atoms with Crippen LogP contribution in [0.4, 0.5) is 5.69 Å². The maximum atomic E-state index is 9.80. The van der Waals surface area contributed by atoms with Crippen LogP contribution >= 0.6 is 0 Å². The summed E-state index contributed by atoms with van der Waals surface area (Å²) in [7, 11) is 0. The highest BCUT2D eigenvalue weighted by Crippen LogP contribution is 2.33. The summed E-state index contributed by atoms with van der Waals surface area (Å²) in [4.78, 5) is 0. The quantitative estimate of drug-likeness (QED) is 0.607. The average molecular weight is 276 g/mol. The molecule has 3 rings (SSSR count). The molecule has 1 aliphatic rings. The molecular formula is C16H14N5+. The second-order valence-electron chi connectivity index (χ2n) is 4.94. The van der Waals surface area contributed by atoms with Crippen LogP contribution in [-0.2, 0) is 0 Å². The van der Waals surface area contributed by atoms with Crippen LogP contribution in [0.1, 0.15) is 16.7 Å². The summed E-state index contributed by atoms with van der Waals surface area (Å²) in [5, 5.41) is 21.8. The maximum Gasteiger partial charge on any atom is 0.352 e. The predicted molar refractivity (Wildman–Crippen MR) is 81.2 cm³/mol. The Balaban J connectivity index is 2.23. The number of nitrogens with zero attached hydrogens (tertiary/aromatic N) is 5. The van der Waals surface area contributed by atoms with E-state index in [1.165, 1.54) is 0 Å². The minimum atomic E-state index is -0.364. The lowest BCUT2D eigenvalue weighted by molar-refractivity contribution is 0.576. The van der Waals surface area contributed by atoms with E-state index in [9.17, 15) is 5.26 Å². The van der Waals surface area contributed by atoms with Crippen molar-refractivity contribution >= 4 is 11.5 Å². The number of aryl methyl sites for hydroxylation is 2. The third kappa shape index (κ3) is 1.93. The molecule has 1 unspecified atom stereocenters. The summed E-state index contributed by atoms with van der Waals surface area (Å²) in [6.45, 7) is 3.94. The van der Waals surface area contributed by atoms with E-state index < -0.39 is 0 Å². The predicted octanol–water partition coefficient (Wildman–Crippen LogP) is 3.83. The molecule has 0 aliphatic carbocycles. The zero-order valence-electron chi connectivity index (χ0n) is 11.9. The largest absolute Gasteiger partial charge is 0.352 e. The Labute approximate surface area is 123 Å². The molecule has 0 radical (unpaired) electrons. The minimum absolute atomic E-state index is 0.364. The molecule has 102 valence electrons. The molecule has 5 nitrogen and oxygen atoms in total. The molecule has 0 N–H and O–H groups in total. The van der Waals surface area contributed by atoms with Crippen molar-refractivity contribution in [1.29, 1.82) is 5.26 Å². The highest BCUT2D eigenvalue weighted by Gasteiger charge is 2.46. The van der Waals surface area contributed by atoms with Gasteiger partial charge in [0.15, 0.2) is 5.69 Å². The van der Waals surface area contributed by atoms with Crippen molar-refractivity contribution < 1.29 is 0 Å². The summed E-state index contributed by atoms with van der Waals surface area (Å²) < 4.78 is -0.364. The van der Waals surface area contributed by atoms with Gasteiger partial charge in [-0.2, -0.15) is 0 Å². The summed E-state index contributed by atoms with van der Waals surface area (Å²) >= 11 is 0. The Bertz CT molecular complexity index is 800. The Hall–Kier alpha value is -2.84. The van der Waals surface area contributed by atoms with E-state index in [1.54, 1.807) is 0 Å². The van der Waals surface area contributed by atoms with E-state index in [0.717, 1.165) is 22.4 Å². The minimum Gasteiger partial charge on any atom is -0.126 e. The number of para-hydroxylation sites is 1.